The van der Waals surface area contributed by atoms with Gasteiger partial charge >= 0.3 is 0 Å². The highest BCUT2D eigenvalue weighted by molar-refractivity contribution is 7.09. The molecule has 0 saturated heterocycles. The third-order valence-corrected chi connectivity index (χ3v) is 2.73. The Hall–Kier alpha value is -0.410. The zero-order valence-corrected chi connectivity index (χ0v) is 8.18. The standard InChI is InChI=1S/C9H15NOS/c1-2-3-8(6-11)4-9-5-10-7-12-9/h5,7-8,11H,2-4,6H2,1H3. The maximum Gasteiger partial charge on any atom is 0.0794 e. The largest absolute Gasteiger partial charge is 0.396 e. The van der Waals surface area contributed by atoms with E-state index in [1.807, 2.05) is 11.7 Å². The Morgan fingerprint density at radius 3 is 3.00 bits per heavy atom. The molecule has 0 amide bonds. The van der Waals surface area contributed by atoms with Crippen LogP contribution in [0, 0.1) is 5.92 Å². The van der Waals surface area contributed by atoms with Crippen molar-refractivity contribution in [1.82, 2.24) is 4.98 Å². The molecule has 0 aliphatic carbocycles. The first-order valence-corrected chi connectivity index (χ1v) is 5.23. The van der Waals surface area contributed by atoms with E-state index in [2.05, 4.69) is 11.9 Å². The Kier molecular flexibility index (Phi) is 4.25. The smallest absolute Gasteiger partial charge is 0.0794 e. The highest BCUT2D eigenvalue weighted by atomic mass is 32.1. The summed E-state index contributed by atoms with van der Waals surface area (Å²) in [6.45, 7) is 2.45. The fourth-order valence-corrected chi connectivity index (χ4v) is 2.00. The summed E-state index contributed by atoms with van der Waals surface area (Å²) in [6, 6.07) is 0. The molecule has 0 bridgehead atoms. The van der Waals surface area contributed by atoms with Gasteiger partial charge in [-0.05, 0) is 18.8 Å². The molecule has 0 aliphatic heterocycles. The summed E-state index contributed by atoms with van der Waals surface area (Å²) in [7, 11) is 0. The van der Waals surface area contributed by atoms with Crippen molar-refractivity contribution in [2.45, 2.75) is 26.2 Å². The molecule has 1 aromatic rings. The normalized spacial score (nSPS) is 13.2. The van der Waals surface area contributed by atoms with Crippen molar-refractivity contribution < 1.29 is 5.11 Å². The van der Waals surface area contributed by atoms with Crippen LogP contribution >= 0.6 is 11.3 Å². The number of hydrogen-bond donors (Lipinski definition) is 1. The second kappa shape index (κ2) is 5.27. The Bertz CT molecular complexity index is 198. The summed E-state index contributed by atoms with van der Waals surface area (Å²) in [6.07, 6.45) is 5.12. The molecule has 0 saturated carbocycles. The second-order valence-corrected chi connectivity index (χ2v) is 3.98. The van der Waals surface area contributed by atoms with E-state index in [1.54, 1.807) is 11.3 Å². The van der Waals surface area contributed by atoms with E-state index in [9.17, 15) is 0 Å². The number of nitrogens with zero attached hydrogens (tertiary/aromatic N) is 1. The highest BCUT2D eigenvalue weighted by Crippen LogP contribution is 2.16. The predicted molar refractivity (Wildman–Crippen MR) is 51.3 cm³/mol. The Morgan fingerprint density at radius 2 is 2.50 bits per heavy atom. The highest BCUT2D eigenvalue weighted by Gasteiger charge is 2.07. The first-order valence-electron chi connectivity index (χ1n) is 4.35. The van der Waals surface area contributed by atoms with Crippen molar-refractivity contribution in [2.75, 3.05) is 6.61 Å². The summed E-state index contributed by atoms with van der Waals surface area (Å²) >= 11 is 1.67. The third-order valence-electron chi connectivity index (χ3n) is 1.93. The lowest BCUT2D eigenvalue weighted by atomic mass is 10.0. The molecule has 12 heavy (non-hydrogen) atoms. The van der Waals surface area contributed by atoms with Gasteiger partial charge < -0.3 is 5.11 Å². The number of rotatable bonds is 5. The van der Waals surface area contributed by atoms with Crippen LogP contribution in [0.1, 0.15) is 24.6 Å². The summed E-state index contributed by atoms with van der Waals surface area (Å²) in [4.78, 5) is 5.29. The topological polar surface area (TPSA) is 33.1 Å². The summed E-state index contributed by atoms with van der Waals surface area (Å²) in [5, 5.41) is 9.04. The first-order chi connectivity index (χ1) is 5.86. The van der Waals surface area contributed by atoms with E-state index in [0.29, 0.717) is 12.5 Å². The van der Waals surface area contributed by atoms with Crippen LogP contribution in [0.15, 0.2) is 11.7 Å². The SMILES string of the molecule is CCCC(CO)Cc1cncs1. The van der Waals surface area contributed by atoms with Crippen LogP contribution in [-0.2, 0) is 6.42 Å². The van der Waals surface area contributed by atoms with Crippen LogP contribution in [0.5, 0.6) is 0 Å². The number of hydrogen-bond acceptors (Lipinski definition) is 3. The van der Waals surface area contributed by atoms with Crippen LogP contribution in [0.2, 0.25) is 0 Å². The number of thiazole rings is 1. The summed E-state index contributed by atoms with van der Waals surface area (Å²) in [5.74, 6) is 0.426. The lowest BCUT2D eigenvalue weighted by molar-refractivity contribution is 0.217. The van der Waals surface area contributed by atoms with E-state index in [1.165, 1.54) is 4.88 Å². The van der Waals surface area contributed by atoms with Gasteiger partial charge in [0.15, 0.2) is 0 Å². The predicted octanol–water partition coefficient (Wildman–Crippen LogP) is 2.09. The Morgan fingerprint density at radius 1 is 1.67 bits per heavy atom. The fourth-order valence-electron chi connectivity index (χ4n) is 1.29. The molecule has 3 heteroatoms. The van der Waals surface area contributed by atoms with Gasteiger partial charge in [-0.25, -0.2) is 0 Å². The van der Waals surface area contributed by atoms with Gasteiger partial charge in [-0.3, -0.25) is 4.98 Å². The van der Waals surface area contributed by atoms with Crippen molar-refractivity contribution in [2.24, 2.45) is 5.92 Å². The summed E-state index contributed by atoms with van der Waals surface area (Å²) in [5.41, 5.74) is 1.84. The lowest BCUT2D eigenvalue weighted by Gasteiger charge is -2.10. The maximum absolute atomic E-state index is 9.04. The lowest BCUT2D eigenvalue weighted by Crippen LogP contribution is -2.08. The van der Waals surface area contributed by atoms with Gasteiger partial charge in [0.2, 0.25) is 0 Å². The first kappa shape index (κ1) is 9.68. The number of aromatic nitrogens is 1. The maximum atomic E-state index is 9.04. The minimum absolute atomic E-state index is 0.297. The molecule has 68 valence electrons. The van der Waals surface area contributed by atoms with Gasteiger partial charge in [0.1, 0.15) is 0 Å². The average molecular weight is 185 g/mol. The molecule has 1 aromatic heterocycles. The van der Waals surface area contributed by atoms with E-state index in [4.69, 9.17) is 5.11 Å². The molecule has 0 spiro atoms. The van der Waals surface area contributed by atoms with E-state index < -0.39 is 0 Å². The zero-order valence-electron chi connectivity index (χ0n) is 7.36. The van der Waals surface area contributed by atoms with Gasteiger partial charge in [-0.15, -0.1) is 11.3 Å². The van der Waals surface area contributed by atoms with E-state index in [-0.39, 0.29) is 0 Å². The molecule has 1 atom stereocenters. The van der Waals surface area contributed by atoms with Crippen molar-refractivity contribution in [3.8, 4) is 0 Å². The monoisotopic (exact) mass is 185 g/mol. The van der Waals surface area contributed by atoms with Crippen LogP contribution in [-0.4, -0.2) is 16.7 Å². The van der Waals surface area contributed by atoms with Gasteiger partial charge in [-0.2, -0.15) is 0 Å². The van der Waals surface area contributed by atoms with Crippen molar-refractivity contribution in [1.29, 1.82) is 0 Å². The molecule has 2 nitrogen and oxygen atoms in total. The van der Waals surface area contributed by atoms with Gasteiger partial charge in [0.25, 0.3) is 0 Å². The Labute approximate surface area is 77.3 Å². The molecule has 1 N–H and O–H groups in total. The van der Waals surface area contributed by atoms with Crippen LogP contribution in [0.25, 0.3) is 0 Å². The second-order valence-electron chi connectivity index (χ2n) is 3.01. The van der Waals surface area contributed by atoms with Crippen molar-refractivity contribution >= 4 is 11.3 Å². The molecule has 0 aromatic carbocycles. The molecule has 1 rings (SSSR count). The molecular formula is C9H15NOS. The minimum Gasteiger partial charge on any atom is -0.396 e. The molecular weight excluding hydrogens is 170 g/mol. The Balaban J connectivity index is 2.37. The van der Waals surface area contributed by atoms with Gasteiger partial charge in [0, 0.05) is 17.7 Å². The molecule has 0 radical (unpaired) electrons. The van der Waals surface area contributed by atoms with Crippen LogP contribution in [0.4, 0.5) is 0 Å². The van der Waals surface area contributed by atoms with Crippen molar-refractivity contribution in [3.63, 3.8) is 0 Å². The number of aliphatic hydroxyl groups is 1. The van der Waals surface area contributed by atoms with Crippen molar-refractivity contribution in [3.05, 3.63) is 16.6 Å². The number of aliphatic hydroxyl groups excluding tert-OH is 1. The van der Waals surface area contributed by atoms with Crippen LogP contribution in [0.3, 0.4) is 0 Å². The average Bonchev–Trinajstić information content (AvgIpc) is 2.56. The third kappa shape index (κ3) is 2.91. The van der Waals surface area contributed by atoms with Gasteiger partial charge in [-0.1, -0.05) is 13.3 Å². The zero-order chi connectivity index (χ0) is 8.81. The molecule has 0 aliphatic rings. The van der Waals surface area contributed by atoms with E-state index >= 15 is 0 Å². The molecule has 0 fully saturated rings. The van der Waals surface area contributed by atoms with Gasteiger partial charge in [0.05, 0.1) is 5.51 Å². The van der Waals surface area contributed by atoms with Crippen LogP contribution < -0.4 is 0 Å². The van der Waals surface area contributed by atoms with E-state index in [0.717, 1.165) is 19.3 Å². The summed E-state index contributed by atoms with van der Waals surface area (Å²) < 4.78 is 0. The fraction of sp³-hybridized carbons (Fsp3) is 0.667. The quantitative estimate of drug-likeness (QED) is 0.762. The minimum atomic E-state index is 0.297. The molecule has 1 heterocycles. The molecule has 1 unspecified atom stereocenters.